The third-order valence-corrected chi connectivity index (χ3v) is 8.28. The van der Waals surface area contributed by atoms with Gasteiger partial charge in [0.05, 0.1) is 11.9 Å². The maximum Gasteiger partial charge on any atom is 0.288 e. The SMILES string of the molecule is C[C@@H]1[C@H]2C[C@@H](C[C@H]1Nc1cnn(CC(=O)NCc3ccc(N(C)C)cc3)c(=O)c1Cl)C2(C)C. The van der Waals surface area contributed by atoms with Gasteiger partial charge >= 0.3 is 0 Å². The van der Waals surface area contributed by atoms with Crippen LogP contribution in [0, 0.1) is 23.2 Å². The van der Waals surface area contributed by atoms with Gasteiger partial charge in [0.2, 0.25) is 5.91 Å². The van der Waals surface area contributed by atoms with E-state index in [4.69, 9.17) is 11.6 Å². The molecule has 4 atom stereocenters. The van der Waals surface area contributed by atoms with Gasteiger partial charge in [-0.25, -0.2) is 4.68 Å². The van der Waals surface area contributed by atoms with Gasteiger partial charge in [0.15, 0.2) is 0 Å². The highest BCUT2D eigenvalue weighted by molar-refractivity contribution is 6.32. The number of nitrogens with zero attached hydrogens (tertiary/aromatic N) is 3. The van der Waals surface area contributed by atoms with Crippen molar-refractivity contribution in [1.82, 2.24) is 15.1 Å². The Morgan fingerprint density at radius 1 is 1.24 bits per heavy atom. The molecule has 0 spiro atoms. The average molecular weight is 472 g/mol. The first-order valence-electron chi connectivity index (χ1n) is 11.6. The highest BCUT2D eigenvalue weighted by Gasteiger charge is 2.56. The predicted molar refractivity (Wildman–Crippen MR) is 133 cm³/mol. The predicted octanol–water partition coefficient (Wildman–Crippen LogP) is 3.76. The minimum Gasteiger partial charge on any atom is -0.379 e. The largest absolute Gasteiger partial charge is 0.379 e. The summed E-state index contributed by atoms with van der Waals surface area (Å²) in [7, 11) is 3.96. The van der Waals surface area contributed by atoms with Crippen LogP contribution in [-0.2, 0) is 17.9 Å². The molecule has 3 fully saturated rings. The van der Waals surface area contributed by atoms with Gasteiger partial charge in [-0.15, -0.1) is 0 Å². The van der Waals surface area contributed by atoms with Crippen molar-refractivity contribution in [3.05, 3.63) is 51.4 Å². The fourth-order valence-corrected chi connectivity index (χ4v) is 5.72. The number of anilines is 2. The molecule has 5 rings (SSSR count). The molecule has 33 heavy (non-hydrogen) atoms. The van der Waals surface area contributed by atoms with E-state index < -0.39 is 5.56 Å². The van der Waals surface area contributed by atoms with Gasteiger partial charge in [0.1, 0.15) is 11.6 Å². The molecule has 2 N–H and O–H groups in total. The van der Waals surface area contributed by atoms with E-state index in [0.717, 1.165) is 22.4 Å². The first-order chi connectivity index (χ1) is 15.6. The molecule has 3 aliphatic rings. The molecule has 3 saturated carbocycles. The summed E-state index contributed by atoms with van der Waals surface area (Å²) in [6.45, 7) is 7.20. The molecule has 8 heteroatoms. The molecule has 7 nitrogen and oxygen atoms in total. The minimum atomic E-state index is -0.457. The van der Waals surface area contributed by atoms with E-state index in [1.54, 1.807) is 6.20 Å². The van der Waals surface area contributed by atoms with Gasteiger partial charge in [-0.05, 0) is 53.7 Å². The van der Waals surface area contributed by atoms with Crippen LogP contribution in [0.4, 0.5) is 11.4 Å². The molecular formula is C25H34ClN5O2. The zero-order chi connectivity index (χ0) is 23.9. The van der Waals surface area contributed by atoms with E-state index in [1.807, 2.05) is 43.3 Å². The number of nitrogens with one attached hydrogen (secondary N) is 2. The molecule has 1 aromatic carbocycles. The third kappa shape index (κ3) is 4.60. The summed E-state index contributed by atoms with van der Waals surface area (Å²) in [5.41, 5.74) is 2.56. The Morgan fingerprint density at radius 2 is 1.94 bits per heavy atom. The van der Waals surface area contributed by atoms with Crippen molar-refractivity contribution in [2.45, 2.75) is 52.7 Å². The average Bonchev–Trinajstić information content (AvgIpc) is 2.78. The highest BCUT2D eigenvalue weighted by atomic mass is 35.5. The normalized spacial score (nSPS) is 25.2. The number of hydrogen-bond donors (Lipinski definition) is 2. The lowest BCUT2D eigenvalue weighted by atomic mass is 9.45. The molecule has 0 aliphatic heterocycles. The molecular weight excluding hydrogens is 438 g/mol. The van der Waals surface area contributed by atoms with Crippen LogP contribution in [0.25, 0.3) is 0 Å². The lowest BCUT2D eigenvalue weighted by Crippen LogP contribution is -2.58. The van der Waals surface area contributed by atoms with E-state index in [-0.39, 0.29) is 23.5 Å². The van der Waals surface area contributed by atoms with E-state index in [1.165, 1.54) is 6.42 Å². The van der Waals surface area contributed by atoms with Crippen molar-refractivity contribution in [2.75, 3.05) is 24.3 Å². The van der Waals surface area contributed by atoms with Crippen molar-refractivity contribution in [3.63, 3.8) is 0 Å². The Morgan fingerprint density at radius 3 is 2.55 bits per heavy atom. The van der Waals surface area contributed by atoms with Gasteiger partial charge in [-0.3, -0.25) is 9.59 Å². The highest BCUT2D eigenvalue weighted by Crippen LogP contribution is 2.61. The number of carbonyl (C=O) groups is 1. The molecule has 2 bridgehead atoms. The fourth-order valence-electron chi connectivity index (χ4n) is 5.52. The number of carbonyl (C=O) groups excluding carboxylic acids is 1. The summed E-state index contributed by atoms with van der Waals surface area (Å²) in [6.07, 6.45) is 3.92. The van der Waals surface area contributed by atoms with Crippen LogP contribution < -0.4 is 21.1 Å². The Bertz CT molecular complexity index is 1080. The van der Waals surface area contributed by atoms with Crippen LogP contribution in [0.5, 0.6) is 0 Å². The minimum absolute atomic E-state index is 0.0859. The third-order valence-electron chi connectivity index (χ3n) is 7.92. The van der Waals surface area contributed by atoms with Gasteiger partial charge in [0, 0.05) is 32.4 Å². The van der Waals surface area contributed by atoms with Gasteiger partial charge < -0.3 is 15.5 Å². The maximum absolute atomic E-state index is 12.7. The Hall–Kier alpha value is -2.54. The van der Waals surface area contributed by atoms with Crippen molar-refractivity contribution in [1.29, 1.82) is 0 Å². The molecule has 1 aromatic heterocycles. The summed E-state index contributed by atoms with van der Waals surface area (Å²) >= 11 is 6.39. The molecule has 1 amide bonds. The van der Waals surface area contributed by atoms with Crippen molar-refractivity contribution in [3.8, 4) is 0 Å². The summed E-state index contributed by atoms with van der Waals surface area (Å²) in [5, 5.41) is 10.6. The van der Waals surface area contributed by atoms with Gasteiger partial charge in [0.25, 0.3) is 5.56 Å². The summed E-state index contributed by atoms with van der Waals surface area (Å²) in [6, 6.07) is 8.20. The molecule has 3 aliphatic carbocycles. The molecule has 0 unspecified atom stereocenters. The monoisotopic (exact) mass is 471 g/mol. The number of halogens is 1. The lowest BCUT2D eigenvalue weighted by Gasteiger charge is -2.62. The van der Waals surface area contributed by atoms with Crippen LogP contribution in [-0.4, -0.2) is 35.8 Å². The number of hydrogen-bond acceptors (Lipinski definition) is 5. The molecule has 1 heterocycles. The number of rotatable bonds is 7. The second-order valence-electron chi connectivity index (χ2n) is 10.4. The topological polar surface area (TPSA) is 79.3 Å². The molecule has 178 valence electrons. The Balaban J connectivity index is 1.35. The lowest BCUT2D eigenvalue weighted by molar-refractivity contribution is -0.122. The zero-order valence-electron chi connectivity index (χ0n) is 20.1. The summed E-state index contributed by atoms with van der Waals surface area (Å²) in [4.78, 5) is 27.2. The zero-order valence-corrected chi connectivity index (χ0v) is 20.8. The van der Waals surface area contributed by atoms with E-state index in [9.17, 15) is 9.59 Å². The van der Waals surface area contributed by atoms with Crippen molar-refractivity contribution in [2.24, 2.45) is 23.2 Å². The quantitative estimate of drug-likeness (QED) is 0.642. The van der Waals surface area contributed by atoms with Crippen molar-refractivity contribution >= 4 is 28.9 Å². The number of benzene rings is 1. The first kappa shape index (κ1) is 23.6. The van der Waals surface area contributed by atoms with E-state index in [0.29, 0.717) is 35.4 Å². The number of aromatic nitrogens is 2. The van der Waals surface area contributed by atoms with Crippen LogP contribution in [0.3, 0.4) is 0 Å². The Labute approximate surface area is 200 Å². The van der Waals surface area contributed by atoms with Gasteiger partial charge in [-0.1, -0.05) is 44.5 Å². The fraction of sp³-hybridized carbons (Fsp3) is 0.560. The van der Waals surface area contributed by atoms with Crippen LogP contribution >= 0.6 is 11.6 Å². The smallest absolute Gasteiger partial charge is 0.288 e. The van der Waals surface area contributed by atoms with E-state index in [2.05, 4.69) is 36.5 Å². The Kier molecular flexibility index (Phi) is 6.45. The maximum atomic E-state index is 12.7. The molecule has 0 radical (unpaired) electrons. The standard InChI is InChI=1S/C25H34ClN5O2/c1-15-19-10-17(25(19,2)3)11-20(15)29-21-13-28-31(24(33)23(21)26)14-22(32)27-12-16-6-8-18(9-7-16)30(4)5/h6-9,13,15,17,19-20,29H,10-12,14H2,1-5H3,(H,27,32)/t15-,17+,19-,20-/m1/s1. The summed E-state index contributed by atoms with van der Waals surface area (Å²) in [5.74, 6) is 1.59. The second kappa shape index (κ2) is 9.01. The number of fused-ring (bicyclic) bond motifs is 2. The molecule has 0 saturated heterocycles. The molecule has 2 aromatic rings. The number of amides is 1. The van der Waals surface area contributed by atoms with Crippen molar-refractivity contribution < 1.29 is 4.79 Å². The first-order valence-corrected chi connectivity index (χ1v) is 12.0. The van der Waals surface area contributed by atoms with E-state index >= 15 is 0 Å². The van der Waals surface area contributed by atoms with Crippen LogP contribution in [0.1, 0.15) is 39.2 Å². The second-order valence-corrected chi connectivity index (χ2v) is 10.8. The van der Waals surface area contributed by atoms with Crippen LogP contribution in [0.2, 0.25) is 5.02 Å². The summed E-state index contributed by atoms with van der Waals surface area (Å²) < 4.78 is 1.11. The van der Waals surface area contributed by atoms with Crippen LogP contribution in [0.15, 0.2) is 35.3 Å². The van der Waals surface area contributed by atoms with Gasteiger partial charge in [-0.2, -0.15) is 5.10 Å².